The van der Waals surface area contributed by atoms with E-state index in [1.165, 1.54) is 24.3 Å². The number of hydrogen-bond donors (Lipinski definition) is 3. The van der Waals surface area contributed by atoms with Crippen molar-refractivity contribution in [3.63, 3.8) is 0 Å². The number of H-pyrrole nitrogens is 1. The summed E-state index contributed by atoms with van der Waals surface area (Å²) < 4.78 is 0. The molecule has 1 atom stereocenters. The van der Waals surface area contributed by atoms with Crippen LogP contribution in [0.1, 0.15) is 37.2 Å². The Morgan fingerprint density at radius 2 is 1.87 bits per heavy atom. The Morgan fingerprint density at radius 1 is 1.17 bits per heavy atom. The highest BCUT2D eigenvalue weighted by Crippen LogP contribution is 2.30. The van der Waals surface area contributed by atoms with Crippen molar-refractivity contribution in [2.75, 3.05) is 28.6 Å². The molecule has 11 heteroatoms. The van der Waals surface area contributed by atoms with Gasteiger partial charge < -0.3 is 15.5 Å². The van der Waals surface area contributed by atoms with E-state index >= 15 is 0 Å². The number of nitrogens with one attached hydrogen (secondary N) is 3. The lowest BCUT2D eigenvalue weighted by Crippen LogP contribution is -2.38. The molecule has 0 saturated carbocycles. The van der Waals surface area contributed by atoms with Gasteiger partial charge in [0.15, 0.2) is 0 Å². The Bertz CT molecular complexity index is 1060. The summed E-state index contributed by atoms with van der Waals surface area (Å²) in [6.07, 6.45) is 2.91. The minimum Gasteiger partial charge on any atom is -0.342 e. The quantitative estimate of drug-likeness (QED) is 0.511. The molecular weight excluding hydrogens is 392 g/mol. The largest absolute Gasteiger partial charge is 0.342 e. The number of aromatic amines is 1. The lowest BCUT2D eigenvalue weighted by Gasteiger charge is -2.29. The number of benzene rings is 1. The lowest BCUT2D eigenvalue weighted by atomic mass is 9.92. The maximum Gasteiger partial charge on any atom is 0.269 e. The van der Waals surface area contributed by atoms with Gasteiger partial charge in [-0.25, -0.2) is 0 Å². The second-order valence-electron chi connectivity index (χ2n) is 7.30. The van der Waals surface area contributed by atoms with Crippen LogP contribution in [0.3, 0.4) is 0 Å². The molecule has 156 valence electrons. The highest BCUT2D eigenvalue weighted by atomic mass is 16.6. The van der Waals surface area contributed by atoms with Crippen LogP contribution in [0.25, 0.3) is 0 Å². The van der Waals surface area contributed by atoms with Gasteiger partial charge in [0.1, 0.15) is 5.82 Å². The number of carbonyl (C=O) groups excluding carboxylic acids is 2. The molecule has 1 saturated heterocycles. The van der Waals surface area contributed by atoms with Gasteiger partial charge in [-0.2, -0.15) is 4.98 Å². The van der Waals surface area contributed by atoms with Gasteiger partial charge in [-0.15, -0.1) is 0 Å². The summed E-state index contributed by atoms with van der Waals surface area (Å²) in [6.45, 7) is 1.53. The summed E-state index contributed by atoms with van der Waals surface area (Å²) in [6, 6.07) is 5.30. The Morgan fingerprint density at radius 3 is 2.53 bits per heavy atom. The summed E-state index contributed by atoms with van der Waals surface area (Å²) in [7, 11) is 0. The molecule has 1 aromatic carbocycles. The van der Waals surface area contributed by atoms with Crippen LogP contribution < -0.4 is 21.1 Å². The number of amides is 2. The van der Waals surface area contributed by atoms with E-state index in [4.69, 9.17) is 0 Å². The molecule has 1 aromatic heterocycles. The van der Waals surface area contributed by atoms with Crippen molar-refractivity contribution in [1.82, 2.24) is 9.97 Å². The SMILES string of the molecule is O=C1CC(C(=O)Nc2ccc([N+](=O)[O-])cc2)c2c(nc(N3CCCCC3)[nH]c2=O)N1. The molecule has 2 amide bonds. The standard InChI is InChI=1S/C19H20N6O5/c26-14-10-13(17(27)20-11-4-6-12(7-5-11)25(29)30)15-16(21-14)22-19(23-18(15)28)24-8-2-1-3-9-24/h4-7,13H,1-3,8-10H2,(H,20,27)(H2,21,22,23,26,28). The van der Waals surface area contributed by atoms with E-state index in [2.05, 4.69) is 20.6 Å². The number of nitro groups is 1. The van der Waals surface area contributed by atoms with Gasteiger partial charge in [-0.05, 0) is 31.4 Å². The fourth-order valence-electron chi connectivity index (χ4n) is 3.73. The Kier molecular flexibility index (Phi) is 5.17. The Labute approximate surface area is 170 Å². The number of anilines is 3. The normalized spacial score (nSPS) is 18.3. The maximum absolute atomic E-state index is 12.8. The topological polar surface area (TPSA) is 150 Å². The highest BCUT2D eigenvalue weighted by molar-refractivity contribution is 6.04. The van der Waals surface area contributed by atoms with Crippen molar-refractivity contribution >= 4 is 35.0 Å². The highest BCUT2D eigenvalue weighted by Gasteiger charge is 2.35. The van der Waals surface area contributed by atoms with E-state index in [1.807, 2.05) is 4.90 Å². The van der Waals surface area contributed by atoms with Gasteiger partial charge in [0.25, 0.3) is 11.2 Å². The molecule has 1 fully saturated rings. The summed E-state index contributed by atoms with van der Waals surface area (Å²) in [5.41, 5.74) is -0.145. The van der Waals surface area contributed by atoms with Crippen LogP contribution in [-0.2, 0) is 9.59 Å². The summed E-state index contributed by atoms with van der Waals surface area (Å²) in [5.74, 6) is -1.50. The minimum absolute atomic E-state index is 0.0967. The third-order valence-corrected chi connectivity index (χ3v) is 5.26. The molecule has 2 aliphatic rings. The summed E-state index contributed by atoms with van der Waals surface area (Å²) in [5, 5.41) is 16.0. The molecule has 3 N–H and O–H groups in total. The molecule has 4 rings (SSSR count). The first-order valence-corrected chi connectivity index (χ1v) is 9.66. The number of rotatable bonds is 4. The fourth-order valence-corrected chi connectivity index (χ4v) is 3.73. The summed E-state index contributed by atoms with van der Waals surface area (Å²) >= 11 is 0. The Hall–Kier alpha value is -3.76. The monoisotopic (exact) mass is 412 g/mol. The molecule has 2 aromatic rings. The van der Waals surface area contributed by atoms with Crippen molar-refractivity contribution in [2.24, 2.45) is 0 Å². The number of fused-ring (bicyclic) bond motifs is 1. The number of carbonyl (C=O) groups is 2. The third-order valence-electron chi connectivity index (χ3n) is 5.26. The first kappa shape index (κ1) is 19.6. The van der Waals surface area contributed by atoms with Gasteiger partial charge in [-0.3, -0.25) is 29.5 Å². The minimum atomic E-state index is -1.02. The van der Waals surface area contributed by atoms with Crippen LogP contribution in [0, 0.1) is 10.1 Å². The van der Waals surface area contributed by atoms with Crippen LogP contribution in [0.5, 0.6) is 0 Å². The summed E-state index contributed by atoms with van der Waals surface area (Å²) in [4.78, 5) is 57.1. The molecule has 11 nitrogen and oxygen atoms in total. The van der Waals surface area contributed by atoms with Crippen LogP contribution in [0.4, 0.5) is 23.1 Å². The number of hydrogen-bond acceptors (Lipinski definition) is 7. The second-order valence-corrected chi connectivity index (χ2v) is 7.30. The third kappa shape index (κ3) is 3.86. The lowest BCUT2D eigenvalue weighted by molar-refractivity contribution is -0.384. The average molecular weight is 412 g/mol. The van der Waals surface area contributed by atoms with E-state index < -0.39 is 28.2 Å². The molecule has 2 aliphatic heterocycles. The van der Waals surface area contributed by atoms with Crippen LogP contribution in [0.15, 0.2) is 29.1 Å². The number of aromatic nitrogens is 2. The zero-order valence-electron chi connectivity index (χ0n) is 16.0. The first-order valence-electron chi connectivity index (χ1n) is 9.66. The molecule has 0 radical (unpaired) electrons. The molecule has 30 heavy (non-hydrogen) atoms. The molecule has 1 unspecified atom stereocenters. The predicted octanol–water partition coefficient (Wildman–Crippen LogP) is 1.73. The van der Waals surface area contributed by atoms with Crippen molar-refractivity contribution in [1.29, 1.82) is 0 Å². The van der Waals surface area contributed by atoms with Gasteiger partial charge >= 0.3 is 0 Å². The van der Waals surface area contributed by atoms with Crippen molar-refractivity contribution in [3.8, 4) is 0 Å². The van der Waals surface area contributed by atoms with Gasteiger partial charge in [0.2, 0.25) is 17.8 Å². The van der Waals surface area contributed by atoms with Crippen LogP contribution in [-0.4, -0.2) is 39.8 Å². The maximum atomic E-state index is 12.8. The molecule has 0 spiro atoms. The van der Waals surface area contributed by atoms with Gasteiger partial charge in [-0.1, -0.05) is 0 Å². The number of non-ortho nitro benzene ring substituents is 1. The number of nitro benzene ring substituents is 1. The van der Waals surface area contributed by atoms with Crippen LogP contribution >= 0.6 is 0 Å². The Balaban J connectivity index is 1.60. The van der Waals surface area contributed by atoms with Gasteiger partial charge in [0.05, 0.1) is 16.4 Å². The van der Waals surface area contributed by atoms with Gasteiger partial charge in [0, 0.05) is 37.3 Å². The van der Waals surface area contributed by atoms with Crippen LogP contribution in [0.2, 0.25) is 0 Å². The van der Waals surface area contributed by atoms with E-state index in [0.717, 1.165) is 32.4 Å². The zero-order valence-corrected chi connectivity index (χ0v) is 16.0. The van der Waals surface area contributed by atoms with E-state index in [-0.39, 0.29) is 23.5 Å². The fraction of sp³-hybridized carbons (Fsp3) is 0.368. The van der Waals surface area contributed by atoms with Crippen molar-refractivity contribution < 1.29 is 14.5 Å². The predicted molar refractivity (Wildman–Crippen MR) is 109 cm³/mol. The smallest absolute Gasteiger partial charge is 0.269 e. The molecule has 0 aliphatic carbocycles. The number of piperidine rings is 1. The first-order chi connectivity index (χ1) is 14.4. The zero-order chi connectivity index (χ0) is 21.3. The van der Waals surface area contributed by atoms with Crippen molar-refractivity contribution in [3.05, 3.63) is 50.3 Å². The van der Waals surface area contributed by atoms with Crippen molar-refractivity contribution in [2.45, 2.75) is 31.6 Å². The average Bonchev–Trinajstić information content (AvgIpc) is 2.73. The second kappa shape index (κ2) is 7.93. The molecule has 3 heterocycles. The number of nitrogens with zero attached hydrogens (tertiary/aromatic N) is 3. The van der Waals surface area contributed by atoms with E-state index in [1.54, 1.807) is 0 Å². The molecular formula is C19H20N6O5. The molecule has 0 bridgehead atoms. The van der Waals surface area contributed by atoms with E-state index in [0.29, 0.717) is 11.6 Å². The van der Waals surface area contributed by atoms with E-state index in [9.17, 15) is 24.5 Å².